The molecule has 1 heterocycles. The summed E-state index contributed by atoms with van der Waals surface area (Å²) in [6, 6.07) is 12.3. The van der Waals surface area contributed by atoms with Gasteiger partial charge in [-0.2, -0.15) is 0 Å². The van der Waals surface area contributed by atoms with E-state index in [1.54, 1.807) is 13.3 Å². The minimum atomic E-state index is 0.362. The number of ether oxygens (including phenoxy) is 1. The monoisotopic (exact) mass is 290 g/mol. The standard InChI is InChI=1S/C16H19ClN2O/c1-12(10-13-5-7-15(17)8-6-13)19-11-14-4-3-9-18-16(14)20-2/h3-9,12,19H,10-11H2,1-2H3. The number of hydrogen-bond donors (Lipinski definition) is 1. The maximum Gasteiger partial charge on any atom is 0.217 e. The zero-order valence-corrected chi connectivity index (χ0v) is 12.5. The van der Waals surface area contributed by atoms with Gasteiger partial charge in [-0.3, -0.25) is 0 Å². The Bertz CT molecular complexity index is 542. The van der Waals surface area contributed by atoms with Crippen LogP contribution in [0.3, 0.4) is 0 Å². The number of pyridine rings is 1. The highest BCUT2D eigenvalue weighted by atomic mass is 35.5. The van der Waals surface area contributed by atoms with Crippen molar-refractivity contribution in [2.45, 2.75) is 25.9 Å². The second-order valence-electron chi connectivity index (χ2n) is 4.78. The predicted molar refractivity (Wildman–Crippen MR) is 82.2 cm³/mol. The number of nitrogens with one attached hydrogen (secondary N) is 1. The summed E-state index contributed by atoms with van der Waals surface area (Å²) in [4.78, 5) is 4.19. The van der Waals surface area contributed by atoms with Crippen LogP contribution in [-0.4, -0.2) is 18.1 Å². The average molecular weight is 291 g/mol. The number of benzene rings is 1. The third-order valence-electron chi connectivity index (χ3n) is 3.14. The minimum Gasteiger partial charge on any atom is -0.481 e. The zero-order valence-electron chi connectivity index (χ0n) is 11.8. The topological polar surface area (TPSA) is 34.1 Å². The summed E-state index contributed by atoms with van der Waals surface area (Å²) < 4.78 is 5.24. The second kappa shape index (κ2) is 7.27. The van der Waals surface area contributed by atoms with E-state index in [2.05, 4.69) is 29.4 Å². The highest BCUT2D eigenvalue weighted by Gasteiger charge is 2.07. The molecule has 0 saturated heterocycles. The first-order chi connectivity index (χ1) is 9.69. The summed E-state index contributed by atoms with van der Waals surface area (Å²) >= 11 is 5.89. The van der Waals surface area contributed by atoms with Gasteiger partial charge in [0.2, 0.25) is 5.88 Å². The molecule has 0 spiro atoms. The summed E-state index contributed by atoms with van der Waals surface area (Å²) in [6.07, 6.45) is 2.69. The largest absolute Gasteiger partial charge is 0.481 e. The number of methoxy groups -OCH3 is 1. The van der Waals surface area contributed by atoms with Crippen molar-refractivity contribution in [1.82, 2.24) is 10.3 Å². The molecule has 0 aliphatic heterocycles. The van der Waals surface area contributed by atoms with E-state index in [1.165, 1.54) is 5.56 Å². The number of hydrogen-bond acceptors (Lipinski definition) is 3. The van der Waals surface area contributed by atoms with Crippen molar-refractivity contribution in [2.24, 2.45) is 0 Å². The van der Waals surface area contributed by atoms with Gasteiger partial charge in [-0.15, -0.1) is 0 Å². The molecule has 2 aromatic rings. The molecule has 4 heteroatoms. The molecule has 1 N–H and O–H groups in total. The van der Waals surface area contributed by atoms with Crippen molar-refractivity contribution < 1.29 is 4.74 Å². The molecule has 20 heavy (non-hydrogen) atoms. The first kappa shape index (κ1) is 14.8. The lowest BCUT2D eigenvalue weighted by molar-refractivity contribution is 0.388. The van der Waals surface area contributed by atoms with Crippen LogP contribution in [0.25, 0.3) is 0 Å². The molecule has 0 aliphatic carbocycles. The van der Waals surface area contributed by atoms with E-state index in [1.807, 2.05) is 24.3 Å². The van der Waals surface area contributed by atoms with Crippen LogP contribution in [0.2, 0.25) is 5.02 Å². The van der Waals surface area contributed by atoms with E-state index in [4.69, 9.17) is 16.3 Å². The van der Waals surface area contributed by atoms with Crippen molar-refractivity contribution >= 4 is 11.6 Å². The smallest absolute Gasteiger partial charge is 0.217 e. The van der Waals surface area contributed by atoms with Crippen molar-refractivity contribution in [3.05, 3.63) is 58.7 Å². The van der Waals surface area contributed by atoms with Crippen LogP contribution >= 0.6 is 11.6 Å². The number of rotatable bonds is 6. The van der Waals surface area contributed by atoms with Crippen LogP contribution in [0.15, 0.2) is 42.6 Å². The highest BCUT2D eigenvalue weighted by Crippen LogP contribution is 2.14. The Labute approximate surface area is 124 Å². The van der Waals surface area contributed by atoms with Gasteiger partial charge in [0.25, 0.3) is 0 Å². The molecule has 1 aromatic carbocycles. The van der Waals surface area contributed by atoms with Crippen molar-refractivity contribution in [1.29, 1.82) is 0 Å². The van der Waals surface area contributed by atoms with Gasteiger partial charge in [-0.05, 0) is 37.1 Å². The molecular formula is C16H19ClN2O. The SMILES string of the molecule is COc1ncccc1CNC(C)Cc1ccc(Cl)cc1. The number of aromatic nitrogens is 1. The van der Waals surface area contributed by atoms with Crippen LogP contribution in [-0.2, 0) is 13.0 Å². The van der Waals surface area contributed by atoms with Crippen LogP contribution in [0.4, 0.5) is 0 Å². The normalized spacial score (nSPS) is 12.2. The molecule has 0 bridgehead atoms. The molecule has 1 atom stereocenters. The Hall–Kier alpha value is -1.58. The van der Waals surface area contributed by atoms with Crippen molar-refractivity contribution in [3.63, 3.8) is 0 Å². The van der Waals surface area contributed by atoms with E-state index < -0.39 is 0 Å². The maximum absolute atomic E-state index is 5.89. The van der Waals surface area contributed by atoms with Gasteiger partial charge >= 0.3 is 0 Å². The van der Waals surface area contributed by atoms with Gasteiger partial charge < -0.3 is 10.1 Å². The van der Waals surface area contributed by atoms with E-state index in [-0.39, 0.29) is 0 Å². The van der Waals surface area contributed by atoms with Gasteiger partial charge in [-0.1, -0.05) is 29.8 Å². The summed E-state index contributed by atoms with van der Waals surface area (Å²) in [5, 5.41) is 4.26. The highest BCUT2D eigenvalue weighted by molar-refractivity contribution is 6.30. The first-order valence-electron chi connectivity index (χ1n) is 6.64. The predicted octanol–water partition coefficient (Wildman–Crippen LogP) is 3.46. The molecular weight excluding hydrogens is 272 g/mol. The van der Waals surface area contributed by atoms with Crippen molar-refractivity contribution in [3.8, 4) is 5.88 Å². The van der Waals surface area contributed by atoms with E-state index in [0.29, 0.717) is 11.9 Å². The average Bonchev–Trinajstić information content (AvgIpc) is 2.48. The van der Waals surface area contributed by atoms with Crippen molar-refractivity contribution in [2.75, 3.05) is 7.11 Å². The van der Waals surface area contributed by atoms with E-state index in [9.17, 15) is 0 Å². The number of halogens is 1. The van der Waals surface area contributed by atoms with E-state index >= 15 is 0 Å². The van der Waals surface area contributed by atoms with Gasteiger partial charge in [0.05, 0.1) is 7.11 Å². The molecule has 0 saturated carbocycles. The molecule has 0 amide bonds. The third-order valence-corrected chi connectivity index (χ3v) is 3.39. The maximum atomic E-state index is 5.89. The summed E-state index contributed by atoms with van der Waals surface area (Å²) in [5.41, 5.74) is 2.34. The fraction of sp³-hybridized carbons (Fsp3) is 0.312. The minimum absolute atomic E-state index is 0.362. The molecule has 0 fully saturated rings. The summed E-state index contributed by atoms with van der Waals surface area (Å²) in [7, 11) is 1.64. The molecule has 1 unspecified atom stereocenters. The lowest BCUT2D eigenvalue weighted by atomic mass is 10.1. The van der Waals surface area contributed by atoms with Gasteiger partial charge in [0.15, 0.2) is 0 Å². The Morgan fingerprint density at radius 2 is 2.00 bits per heavy atom. The lowest BCUT2D eigenvalue weighted by Gasteiger charge is -2.15. The fourth-order valence-corrected chi connectivity index (χ4v) is 2.20. The molecule has 3 nitrogen and oxygen atoms in total. The van der Waals surface area contributed by atoms with Crippen LogP contribution in [0.5, 0.6) is 5.88 Å². The zero-order chi connectivity index (χ0) is 14.4. The molecule has 0 radical (unpaired) electrons. The first-order valence-corrected chi connectivity index (χ1v) is 7.02. The third kappa shape index (κ3) is 4.22. The molecule has 0 aliphatic rings. The van der Waals surface area contributed by atoms with Gasteiger partial charge in [-0.25, -0.2) is 4.98 Å². The second-order valence-corrected chi connectivity index (χ2v) is 5.22. The van der Waals surface area contributed by atoms with Crippen LogP contribution in [0.1, 0.15) is 18.1 Å². The molecule has 106 valence electrons. The lowest BCUT2D eigenvalue weighted by Crippen LogP contribution is -2.27. The Morgan fingerprint density at radius 3 is 2.70 bits per heavy atom. The van der Waals surface area contributed by atoms with Gasteiger partial charge in [0, 0.05) is 29.4 Å². The summed E-state index contributed by atoms with van der Waals surface area (Å²) in [5.74, 6) is 0.679. The number of nitrogens with zero attached hydrogens (tertiary/aromatic N) is 1. The summed E-state index contributed by atoms with van der Waals surface area (Å²) in [6.45, 7) is 2.91. The van der Waals surface area contributed by atoms with Crippen LogP contribution in [0, 0.1) is 0 Å². The Kier molecular flexibility index (Phi) is 5.39. The quantitative estimate of drug-likeness (QED) is 0.884. The molecule has 1 aromatic heterocycles. The molecule has 2 rings (SSSR count). The fourth-order valence-electron chi connectivity index (χ4n) is 2.07. The van der Waals surface area contributed by atoms with Crippen LogP contribution < -0.4 is 10.1 Å². The Balaban J connectivity index is 1.88. The Morgan fingerprint density at radius 1 is 1.25 bits per heavy atom. The van der Waals surface area contributed by atoms with E-state index in [0.717, 1.165) is 23.6 Å². The van der Waals surface area contributed by atoms with Gasteiger partial charge in [0.1, 0.15) is 0 Å².